The number of amides is 2. The van der Waals surface area contributed by atoms with E-state index in [2.05, 4.69) is 15.5 Å². The Balaban J connectivity index is 1.73. The van der Waals surface area contributed by atoms with E-state index in [1.807, 2.05) is 31.2 Å². The summed E-state index contributed by atoms with van der Waals surface area (Å²) >= 11 is 1.10. The van der Waals surface area contributed by atoms with Crippen molar-refractivity contribution in [2.45, 2.75) is 18.8 Å². The van der Waals surface area contributed by atoms with Crippen molar-refractivity contribution in [3.05, 3.63) is 35.7 Å². The molecule has 0 saturated carbocycles. The summed E-state index contributed by atoms with van der Waals surface area (Å²) in [6, 6.07) is 7.63. The number of likely N-dealkylation sites (N-methyl/N-ethyl adjacent to an activating group) is 1. The highest BCUT2D eigenvalue weighted by atomic mass is 32.2. The molecule has 2 aromatic rings. The molecule has 0 fully saturated rings. The monoisotopic (exact) mass is 364 g/mol. The van der Waals surface area contributed by atoms with Gasteiger partial charge in [-0.05, 0) is 24.6 Å². The molecule has 0 radical (unpaired) electrons. The normalized spacial score (nSPS) is 10.4. The van der Waals surface area contributed by atoms with Crippen LogP contribution in [0.25, 0.3) is 0 Å². The maximum absolute atomic E-state index is 11.7. The lowest BCUT2D eigenvalue weighted by atomic mass is 10.2. The van der Waals surface area contributed by atoms with Crippen LogP contribution in [-0.2, 0) is 16.2 Å². The minimum absolute atomic E-state index is 0.0359. The summed E-state index contributed by atoms with van der Waals surface area (Å²) in [6.07, 6.45) is 0. The first-order valence-electron chi connectivity index (χ1n) is 7.55. The highest BCUT2D eigenvalue weighted by Gasteiger charge is 2.11. The Hall–Kier alpha value is -2.55. The van der Waals surface area contributed by atoms with E-state index in [1.165, 1.54) is 4.90 Å². The van der Waals surface area contributed by atoms with Crippen LogP contribution in [0.2, 0.25) is 0 Å². The predicted molar refractivity (Wildman–Crippen MR) is 92.2 cm³/mol. The molecule has 134 valence electrons. The molecule has 0 bridgehead atoms. The number of carbonyl (C=O) groups is 2. The quantitative estimate of drug-likeness (QED) is 0.704. The molecule has 1 aromatic heterocycles. The molecule has 1 heterocycles. The van der Waals surface area contributed by atoms with Gasteiger partial charge < -0.3 is 19.4 Å². The number of nitrogens with zero attached hydrogens (tertiary/aromatic N) is 3. The lowest BCUT2D eigenvalue weighted by molar-refractivity contribution is -0.130. The second-order valence-corrected chi connectivity index (χ2v) is 6.35. The number of aryl methyl sites for hydroxylation is 1. The van der Waals surface area contributed by atoms with Gasteiger partial charge in [0.2, 0.25) is 11.8 Å². The number of carbonyl (C=O) groups excluding carboxylic acids is 2. The molecule has 1 aromatic carbocycles. The summed E-state index contributed by atoms with van der Waals surface area (Å²) in [5, 5.41) is 10.5. The fourth-order valence-electron chi connectivity index (χ4n) is 1.72. The summed E-state index contributed by atoms with van der Waals surface area (Å²) in [4.78, 5) is 24.5. The van der Waals surface area contributed by atoms with E-state index in [4.69, 9.17) is 9.15 Å². The van der Waals surface area contributed by atoms with Gasteiger partial charge in [0.1, 0.15) is 5.75 Å². The second-order valence-electron chi connectivity index (χ2n) is 5.42. The van der Waals surface area contributed by atoms with E-state index in [0.717, 1.165) is 23.1 Å². The average molecular weight is 364 g/mol. The number of ether oxygens (including phenoxy) is 1. The molecule has 1 N–H and O–H groups in total. The molecule has 0 aliphatic carbocycles. The highest BCUT2D eigenvalue weighted by Crippen LogP contribution is 2.18. The van der Waals surface area contributed by atoms with Crippen molar-refractivity contribution in [1.82, 2.24) is 20.4 Å². The van der Waals surface area contributed by atoms with Crippen molar-refractivity contribution < 1.29 is 18.7 Å². The van der Waals surface area contributed by atoms with Crippen LogP contribution in [0, 0.1) is 6.92 Å². The van der Waals surface area contributed by atoms with Crippen LogP contribution in [0.15, 0.2) is 33.9 Å². The molecule has 0 aliphatic rings. The van der Waals surface area contributed by atoms with Gasteiger partial charge in [0.15, 0.2) is 6.61 Å². The van der Waals surface area contributed by atoms with Crippen LogP contribution in [-0.4, -0.2) is 53.3 Å². The van der Waals surface area contributed by atoms with Gasteiger partial charge in [-0.2, -0.15) is 0 Å². The first-order valence-corrected chi connectivity index (χ1v) is 8.54. The summed E-state index contributed by atoms with van der Waals surface area (Å²) in [6.45, 7) is 2.10. The highest BCUT2D eigenvalue weighted by molar-refractivity contribution is 7.99. The molecule has 0 saturated heterocycles. The van der Waals surface area contributed by atoms with Crippen molar-refractivity contribution in [3.63, 3.8) is 0 Å². The van der Waals surface area contributed by atoms with Gasteiger partial charge in [-0.3, -0.25) is 9.59 Å². The smallest absolute Gasteiger partial charge is 0.277 e. The largest absolute Gasteiger partial charge is 0.484 e. The Morgan fingerprint density at radius 1 is 1.32 bits per heavy atom. The minimum Gasteiger partial charge on any atom is -0.484 e. The van der Waals surface area contributed by atoms with Gasteiger partial charge in [0.25, 0.3) is 11.1 Å². The van der Waals surface area contributed by atoms with E-state index in [1.54, 1.807) is 14.1 Å². The summed E-state index contributed by atoms with van der Waals surface area (Å²) in [5.74, 6) is 0.674. The zero-order valence-corrected chi connectivity index (χ0v) is 15.1. The summed E-state index contributed by atoms with van der Waals surface area (Å²) < 4.78 is 11.0. The zero-order valence-electron chi connectivity index (χ0n) is 14.3. The third-order valence-electron chi connectivity index (χ3n) is 3.06. The SMILES string of the molecule is Cc1cccc(OCc2nnc(SCC(=O)NCC(=O)N(C)C)o2)c1. The fraction of sp³-hybridized carbons (Fsp3) is 0.375. The lowest BCUT2D eigenvalue weighted by Gasteiger charge is -2.10. The van der Waals surface area contributed by atoms with Crippen molar-refractivity contribution in [2.24, 2.45) is 0 Å². The molecule has 25 heavy (non-hydrogen) atoms. The molecular formula is C16H20N4O4S. The van der Waals surface area contributed by atoms with Crippen LogP contribution in [0.5, 0.6) is 5.75 Å². The zero-order chi connectivity index (χ0) is 18.2. The van der Waals surface area contributed by atoms with Gasteiger partial charge in [-0.15, -0.1) is 10.2 Å². The van der Waals surface area contributed by atoms with Crippen molar-refractivity contribution in [3.8, 4) is 5.75 Å². The number of rotatable bonds is 8. The van der Waals surface area contributed by atoms with E-state index in [0.29, 0.717) is 5.89 Å². The lowest BCUT2D eigenvalue weighted by Crippen LogP contribution is -2.36. The van der Waals surface area contributed by atoms with Crippen LogP contribution in [0.4, 0.5) is 0 Å². The number of thioether (sulfide) groups is 1. The molecule has 8 nitrogen and oxygen atoms in total. The first kappa shape index (κ1) is 18.8. The van der Waals surface area contributed by atoms with Crippen molar-refractivity contribution in [1.29, 1.82) is 0 Å². The Morgan fingerprint density at radius 3 is 2.84 bits per heavy atom. The van der Waals surface area contributed by atoms with Crippen LogP contribution >= 0.6 is 11.8 Å². The van der Waals surface area contributed by atoms with E-state index < -0.39 is 0 Å². The van der Waals surface area contributed by atoms with Gasteiger partial charge in [-0.1, -0.05) is 23.9 Å². The number of aromatic nitrogens is 2. The van der Waals surface area contributed by atoms with Crippen LogP contribution in [0.1, 0.15) is 11.5 Å². The van der Waals surface area contributed by atoms with Crippen LogP contribution in [0.3, 0.4) is 0 Å². The maximum Gasteiger partial charge on any atom is 0.277 e. The standard InChI is InChI=1S/C16H20N4O4S/c1-11-5-4-6-12(7-11)23-9-14-18-19-16(24-14)25-10-13(21)17-8-15(22)20(2)3/h4-7H,8-10H2,1-3H3,(H,17,21). The molecule has 9 heteroatoms. The number of nitrogens with one attached hydrogen (secondary N) is 1. The maximum atomic E-state index is 11.7. The number of hydrogen-bond donors (Lipinski definition) is 1. The fourth-order valence-corrected chi connectivity index (χ4v) is 2.33. The van der Waals surface area contributed by atoms with Gasteiger partial charge >= 0.3 is 0 Å². The predicted octanol–water partition coefficient (Wildman–Crippen LogP) is 1.25. The Bertz CT molecular complexity index is 732. The Labute approximate surface area is 149 Å². The van der Waals surface area contributed by atoms with E-state index >= 15 is 0 Å². The molecule has 0 unspecified atom stereocenters. The summed E-state index contributed by atoms with van der Waals surface area (Å²) in [5.41, 5.74) is 1.10. The molecular weight excluding hydrogens is 344 g/mol. The van der Waals surface area contributed by atoms with Gasteiger partial charge in [-0.25, -0.2) is 0 Å². The van der Waals surface area contributed by atoms with Crippen LogP contribution < -0.4 is 10.1 Å². The topological polar surface area (TPSA) is 97.6 Å². The Morgan fingerprint density at radius 2 is 2.12 bits per heavy atom. The van der Waals surface area contributed by atoms with Gasteiger partial charge in [0.05, 0.1) is 12.3 Å². The minimum atomic E-state index is -0.282. The average Bonchev–Trinajstić information content (AvgIpc) is 3.04. The molecule has 2 rings (SSSR count). The third-order valence-corrected chi connectivity index (χ3v) is 3.88. The van der Waals surface area contributed by atoms with Crippen molar-refractivity contribution in [2.75, 3.05) is 26.4 Å². The molecule has 2 amide bonds. The van der Waals surface area contributed by atoms with E-state index in [-0.39, 0.29) is 35.9 Å². The third kappa shape index (κ3) is 6.46. The molecule has 0 atom stereocenters. The van der Waals surface area contributed by atoms with Crippen molar-refractivity contribution >= 4 is 23.6 Å². The number of benzene rings is 1. The Kier molecular flexibility index (Phi) is 6.81. The summed E-state index contributed by atoms with van der Waals surface area (Å²) in [7, 11) is 3.25. The van der Waals surface area contributed by atoms with E-state index in [9.17, 15) is 9.59 Å². The van der Waals surface area contributed by atoms with Gasteiger partial charge in [0, 0.05) is 14.1 Å². The number of hydrogen-bond acceptors (Lipinski definition) is 7. The second kappa shape index (κ2) is 9.07. The first-order chi connectivity index (χ1) is 11.9. The molecule has 0 aliphatic heterocycles. The molecule has 0 spiro atoms.